The summed E-state index contributed by atoms with van der Waals surface area (Å²) in [6.45, 7) is 4.10. The Morgan fingerprint density at radius 1 is 1.05 bits per heavy atom. The minimum absolute atomic E-state index is 0.0591. The number of ether oxygens (including phenoxy) is 1. The van der Waals surface area contributed by atoms with Crippen LogP contribution in [0.15, 0.2) is 54.1 Å². The maximum Gasteiger partial charge on any atom is 0.241 e. The molecule has 2 aliphatic heterocycles. The number of rotatable bonds is 5. The lowest BCUT2D eigenvalue weighted by atomic mass is 9.51. The van der Waals surface area contributed by atoms with Gasteiger partial charge in [-0.15, -0.1) is 0 Å². The molecule has 6 rings (SSSR count). The molecule has 4 aliphatic rings. The molecule has 4 amide bonds. The van der Waals surface area contributed by atoms with Crippen LogP contribution in [0.4, 0.5) is 5.69 Å². The number of phenolic OH excluding ortho intramolecular Hbond substituents is 1. The van der Waals surface area contributed by atoms with E-state index in [4.69, 9.17) is 16.3 Å². The first-order chi connectivity index (χ1) is 19.1. The molecule has 6 unspecified atom stereocenters. The maximum absolute atomic E-state index is 14.4. The highest BCUT2D eigenvalue weighted by atomic mass is 35.5. The second-order valence-corrected chi connectivity index (χ2v) is 11.8. The highest BCUT2D eigenvalue weighted by molar-refractivity contribution is 6.32. The van der Waals surface area contributed by atoms with E-state index in [1.807, 2.05) is 26.0 Å². The monoisotopic (exact) mass is 562 g/mol. The summed E-state index contributed by atoms with van der Waals surface area (Å²) >= 11 is 6.44. The number of likely N-dealkylation sites (tertiary alicyclic amines) is 1. The Kier molecular flexibility index (Phi) is 6.29. The number of benzene rings is 2. The average Bonchev–Trinajstić information content (AvgIpc) is 3.30. The van der Waals surface area contributed by atoms with Gasteiger partial charge in [0.25, 0.3) is 0 Å². The molecule has 2 heterocycles. The molecule has 1 N–H and O–H groups in total. The van der Waals surface area contributed by atoms with Crippen LogP contribution in [0.1, 0.15) is 44.6 Å². The molecule has 2 aromatic carbocycles. The van der Waals surface area contributed by atoms with E-state index in [1.165, 1.54) is 16.9 Å². The molecule has 8 nitrogen and oxygen atoms in total. The molecule has 2 aromatic rings. The minimum Gasteiger partial charge on any atom is -0.503 e. The standard InChI is InChI=1S/C31H31ClN2O6/c1-4-12-33-27(36)19-11-10-18-20(24(19)29(33)38)15-21-28(37)34(17-8-6-5-7-9-17)30(39)31(21,2)25(18)16-13-22(32)26(35)23(14-16)40-3/h5-10,13-14,19-21,24-25,35H,4,11-12,15H2,1-3H3. The fourth-order valence-electron chi connectivity index (χ4n) is 7.64. The zero-order chi connectivity index (χ0) is 28.5. The van der Waals surface area contributed by atoms with Gasteiger partial charge >= 0.3 is 0 Å². The van der Waals surface area contributed by atoms with E-state index in [0.717, 1.165) is 5.57 Å². The number of hydrogen-bond acceptors (Lipinski definition) is 6. The number of carbonyl (C=O) groups is 4. The molecular weight excluding hydrogens is 532 g/mol. The fourth-order valence-corrected chi connectivity index (χ4v) is 7.86. The van der Waals surface area contributed by atoms with E-state index in [-0.39, 0.29) is 46.6 Å². The van der Waals surface area contributed by atoms with Gasteiger partial charge in [-0.1, -0.05) is 48.4 Å². The van der Waals surface area contributed by atoms with Crippen molar-refractivity contribution in [2.45, 2.75) is 39.0 Å². The first-order valence-electron chi connectivity index (χ1n) is 13.7. The van der Waals surface area contributed by atoms with E-state index >= 15 is 0 Å². The van der Waals surface area contributed by atoms with Gasteiger partial charge in [0.1, 0.15) is 0 Å². The molecule has 9 heteroatoms. The van der Waals surface area contributed by atoms with Crippen molar-refractivity contribution in [3.63, 3.8) is 0 Å². The molecule has 0 bridgehead atoms. The largest absolute Gasteiger partial charge is 0.503 e. The van der Waals surface area contributed by atoms with Crippen LogP contribution < -0.4 is 9.64 Å². The van der Waals surface area contributed by atoms with Gasteiger partial charge in [-0.05, 0) is 61.9 Å². The Morgan fingerprint density at radius 3 is 2.45 bits per heavy atom. The first-order valence-corrected chi connectivity index (χ1v) is 14.1. The van der Waals surface area contributed by atoms with E-state index in [2.05, 4.69) is 0 Å². The number of carbonyl (C=O) groups excluding carboxylic acids is 4. The minimum atomic E-state index is -1.19. The van der Waals surface area contributed by atoms with Gasteiger partial charge in [-0.2, -0.15) is 0 Å². The zero-order valence-electron chi connectivity index (χ0n) is 22.6. The third-order valence-corrected chi connectivity index (χ3v) is 9.72. The Hall–Kier alpha value is -3.65. The number of amides is 4. The molecule has 208 valence electrons. The SMILES string of the molecule is CCCN1C(=O)C2CC=C3C(CC4C(=O)N(c5ccccc5)C(=O)C4(C)C3c3cc(Cl)c(O)c(OC)c3)C2C1=O. The van der Waals surface area contributed by atoms with Gasteiger partial charge in [0.05, 0.1) is 41.0 Å². The van der Waals surface area contributed by atoms with Gasteiger partial charge in [-0.25, -0.2) is 4.90 Å². The molecular formula is C31H31ClN2O6. The Morgan fingerprint density at radius 2 is 1.77 bits per heavy atom. The predicted octanol–water partition coefficient (Wildman–Crippen LogP) is 4.69. The van der Waals surface area contributed by atoms with Crippen molar-refractivity contribution in [1.29, 1.82) is 0 Å². The summed E-state index contributed by atoms with van der Waals surface area (Å²) in [5.41, 5.74) is 0.769. The average molecular weight is 563 g/mol. The molecule has 2 aliphatic carbocycles. The molecule has 0 aromatic heterocycles. The lowest BCUT2D eigenvalue weighted by Crippen LogP contribution is -2.48. The number of anilines is 1. The summed E-state index contributed by atoms with van der Waals surface area (Å²) in [6, 6.07) is 12.1. The number of allylic oxidation sites excluding steroid dienone is 2. The number of phenols is 1. The third kappa shape index (κ3) is 3.51. The van der Waals surface area contributed by atoms with Gasteiger partial charge < -0.3 is 9.84 Å². The molecule has 0 radical (unpaired) electrons. The number of methoxy groups -OCH3 is 1. The summed E-state index contributed by atoms with van der Waals surface area (Å²) in [4.78, 5) is 58.0. The predicted molar refractivity (Wildman–Crippen MR) is 148 cm³/mol. The van der Waals surface area contributed by atoms with Gasteiger partial charge in [0.2, 0.25) is 23.6 Å². The smallest absolute Gasteiger partial charge is 0.241 e. The molecule has 6 atom stereocenters. The van der Waals surface area contributed by atoms with E-state index in [0.29, 0.717) is 30.6 Å². The van der Waals surface area contributed by atoms with Crippen LogP contribution in [-0.2, 0) is 19.2 Å². The second-order valence-electron chi connectivity index (χ2n) is 11.4. The normalized spacial score (nSPS) is 31.2. The van der Waals surface area contributed by atoms with Crippen LogP contribution >= 0.6 is 11.6 Å². The lowest BCUT2D eigenvalue weighted by Gasteiger charge is -2.49. The van der Waals surface area contributed by atoms with Crippen molar-refractivity contribution >= 4 is 40.9 Å². The summed E-state index contributed by atoms with van der Waals surface area (Å²) in [6.07, 6.45) is 3.33. The van der Waals surface area contributed by atoms with E-state index in [9.17, 15) is 24.3 Å². The molecule has 1 saturated carbocycles. The first kappa shape index (κ1) is 26.6. The van der Waals surface area contributed by atoms with Crippen molar-refractivity contribution in [2.75, 3.05) is 18.6 Å². The van der Waals surface area contributed by atoms with Crippen LogP contribution in [0.3, 0.4) is 0 Å². The van der Waals surface area contributed by atoms with Gasteiger partial charge in [-0.3, -0.25) is 24.1 Å². The number of hydrogen-bond donors (Lipinski definition) is 1. The van der Waals surface area contributed by atoms with Crippen LogP contribution in [0.2, 0.25) is 5.02 Å². The summed E-state index contributed by atoms with van der Waals surface area (Å²) in [5, 5.41) is 10.5. The molecule has 0 spiro atoms. The highest BCUT2D eigenvalue weighted by Gasteiger charge is 2.67. The van der Waals surface area contributed by atoms with Crippen molar-refractivity contribution in [2.24, 2.45) is 29.1 Å². The van der Waals surface area contributed by atoms with Gasteiger partial charge in [0.15, 0.2) is 11.5 Å². The maximum atomic E-state index is 14.4. The summed E-state index contributed by atoms with van der Waals surface area (Å²) in [5.74, 6) is -3.89. The second kappa shape index (κ2) is 9.47. The van der Waals surface area contributed by atoms with Crippen molar-refractivity contribution in [3.05, 3.63) is 64.7 Å². The molecule has 3 fully saturated rings. The van der Waals surface area contributed by atoms with Crippen LogP contribution in [0.5, 0.6) is 11.5 Å². The number of aromatic hydroxyl groups is 1. The third-order valence-electron chi connectivity index (χ3n) is 9.43. The Bertz CT molecular complexity index is 1470. The highest BCUT2D eigenvalue weighted by Crippen LogP contribution is 2.64. The number of para-hydroxylation sites is 1. The van der Waals surface area contributed by atoms with Crippen LogP contribution in [0.25, 0.3) is 0 Å². The molecule has 40 heavy (non-hydrogen) atoms. The van der Waals surface area contributed by atoms with Crippen LogP contribution in [-0.4, -0.2) is 47.3 Å². The quantitative estimate of drug-likeness (QED) is 0.419. The lowest BCUT2D eigenvalue weighted by molar-refractivity contribution is -0.140. The Balaban J connectivity index is 1.54. The van der Waals surface area contributed by atoms with E-state index < -0.39 is 35.0 Å². The number of fused-ring (bicyclic) bond motifs is 4. The fraction of sp³-hybridized carbons (Fsp3) is 0.419. The topological polar surface area (TPSA) is 104 Å². The van der Waals surface area contributed by atoms with Crippen LogP contribution in [0, 0.1) is 29.1 Å². The number of imide groups is 2. The molecule has 2 saturated heterocycles. The summed E-state index contributed by atoms with van der Waals surface area (Å²) < 4.78 is 5.40. The van der Waals surface area contributed by atoms with Gasteiger partial charge in [0, 0.05) is 12.5 Å². The van der Waals surface area contributed by atoms with Crippen molar-refractivity contribution in [1.82, 2.24) is 4.90 Å². The van der Waals surface area contributed by atoms with Crippen molar-refractivity contribution < 1.29 is 29.0 Å². The summed E-state index contributed by atoms with van der Waals surface area (Å²) in [7, 11) is 1.42. The van der Waals surface area contributed by atoms with E-state index in [1.54, 1.807) is 36.4 Å². The number of halogens is 1. The van der Waals surface area contributed by atoms with Crippen molar-refractivity contribution in [3.8, 4) is 11.5 Å². The zero-order valence-corrected chi connectivity index (χ0v) is 23.4. The Labute approximate surface area is 237 Å². The number of nitrogens with zero attached hydrogens (tertiary/aromatic N) is 2.